The Morgan fingerprint density at radius 3 is 2.31 bits per heavy atom. The number of hydrogen-bond donors (Lipinski definition) is 0. The zero-order chi connectivity index (χ0) is 21.1. The Kier molecular flexibility index (Phi) is 8.57. The number of allylic oxidation sites excluding steroid dienone is 4. The van der Waals surface area contributed by atoms with Crippen LogP contribution >= 0.6 is 0 Å². The van der Waals surface area contributed by atoms with Gasteiger partial charge in [-0.15, -0.1) is 12.8 Å². The van der Waals surface area contributed by atoms with Crippen molar-refractivity contribution in [3.63, 3.8) is 0 Å². The molecular weight excluding hydrogens is 355 g/mol. The summed E-state index contributed by atoms with van der Waals surface area (Å²) in [5.74, 6) is 12.4. The lowest BCUT2D eigenvalue weighted by molar-refractivity contribution is 0.403. The van der Waals surface area contributed by atoms with Crippen molar-refractivity contribution in [3.05, 3.63) is 94.3 Å². The number of terminal acetylenes is 1. The Morgan fingerprint density at radius 2 is 1.69 bits per heavy atom. The monoisotopic (exact) mass is 380 g/mol. The number of benzene rings is 2. The normalized spacial score (nSPS) is 13.2. The molecule has 0 amide bonds. The van der Waals surface area contributed by atoms with E-state index in [9.17, 15) is 0 Å². The SMILES string of the molecule is C#C.C/C=C\C=C(/C)C#Cc1ccc(C#Cc2ccccc2)c(F)c1C1CCC1. The Hall–Kier alpha value is -3.47. The van der Waals surface area contributed by atoms with Crippen LogP contribution in [0.25, 0.3) is 0 Å². The topological polar surface area (TPSA) is 0 Å². The van der Waals surface area contributed by atoms with Crippen LogP contribution in [0.4, 0.5) is 4.39 Å². The van der Waals surface area contributed by atoms with Crippen LogP contribution < -0.4 is 0 Å². The molecule has 0 radical (unpaired) electrons. The van der Waals surface area contributed by atoms with Crippen molar-refractivity contribution in [2.75, 3.05) is 0 Å². The van der Waals surface area contributed by atoms with E-state index in [1.54, 1.807) is 6.07 Å². The number of hydrogen-bond acceptors (Lipinski definition) is 0. The van der Waals surface area contributed by atoms with Crippen molar-refractivity contribution >= 4 is 0 Å². The average molecular weight is 381 g/mol. The fraction of sp³-hybridized carbons (Fsp3) is 0.214. The predicted molar refractivity (Wildman–Crippen MR) is 121 cm³/mol. The van der Waals surface area contributed by atoms with Gasteiger partial charge in [-0.1, -0.05) is 66.5 Å². The van der Waals surface area contributed by atoms with Crippen LogP contribution in [0.2, 0.25) is 0 Å². The molecule has 0 N–H and O–H groups in total. The molecule has 2 aromatic carbocycles. The summed E-state index contributed by atoms with van der Waals surface area (Å²) in [7, 11) is 0. The largest absolute Gasteiger partial charge is 0.205 e. The molecule has 144 valence electrons. The van der Waals surface area contributed by atoms with Gasteiger partial charge in [-0.2, -0.15) is 0 Å². The van der Waals surface area contributed by atoms with Gasteiger partial charge < -0.3 is 0 Å². The molecule has 3 rings (SSSR count). The molecule has 0 nitrogen and oxygen atoms in total. The van der Waals surface area contributed by atoms with Gasteiger partial charge in [0, 0.05) is 16.7 Å². The van der Waals surface area contributed by atoms with Gasteiger partial charge in [-0.05, 0) is 62.4 Å². The summed E-state index contributed by atoms with van der Waals surface area (Å²) in [4.78, 5) is 0. The van der Waals surface area contributed by atoms with E-state index in [1.807, 2.05) is 68.5 Å². The van der Waals surface area contributed by atoms with Crippen molar-refractivity contribution in [2.24, 2.45) is 0 Å². The molecular formula is C28H25F. The van der Waals surface area contributed by atoms with Crippen LogP contribution in [0.3, 0.4) is 0 Å². The van der Waals surface area contributed by atoms with Gasteiger partial charge in [-0.3, -0.25) is 0 Å². The maximum Gasteiger partial charge on any atom is 0.143 e. The molecule has 0 heterocycles. The van der Waals surface area contributed by atoms with E-state index in [1.165, 1.54) is 0 Å². The van der Waals surface area contributed by atoms with E-state index in [0.717, 1.165) is 41.5 Å². The minimum Gasteiger partial charge on any atom is -0.205 e. The molecule has 1 aliphatic carbocycles. The maximum absolute atomic E-state index is 15.2. The molecule has 1 fully saturated rings. The second-order valence-electron chi connectivity index (χ2n) is 6.76. The first-order chi connectivity index (χ1) is 14.2. The van der Waals surface area contributed by atoms with Gasteiger partial charge in [0.1, 0.15) is 5.82 Å². The molecule has 0 unspecified atom stereocenters. The quantitative estimate of drug-likeness (QED) is 0.406. The second-order valence-corrected chi connectivity index (χ2v) is 6.76. The molecule has 1 aliphatic rings. The average Bonchev–Trinajstić information content (AvgIpc) is 2.72. The third-order valence-electron chi connectivity index (χ3n) is 4.74. The fourth-order valence-corrected chi connectivity index (χ4v) is 3.00. The minimum absolute atomic E-state index is 0.204. The highest BCUT2D eigenvalue weighted by atomic mass is 19.1. The Morgan fingerprint density at radius 1 is 1.00 bits per heavy atom. The summed E-state index contributed by atoms with van der Waals surface area (Å²) >= 11 is 0. The van der Waals surface area contributed by atoms with Gasteiger partial charge >= 0.3 is 0 Å². The third kappa shape index (κ3) is 6.01. The molecule has 2 aromatic rings. The Bertz CT molecular complexity index is 1020. The zero-order valence-electron chi connectivity index (χ0n) is 17.0. The first kappa shape index (κ1) is 21.8. The van der Waals surface area contributed by atoms with Crippen molar-refractivity contribution in [3.8, 4) is 36.5 Å². The molecule has 0 aromatic heterocycles. The van der Waals surface area contributed by atoms with E-state index in [-0.39, 0.29) is 11.7 Å². The molecule has 29 heavy (non-hydrogen) atoms. The fourth-order valence-electron chi connectivity index (χ4n) is 3.00. The second kappa shape index (κ2) is 11.4. The van der Waals surface area contributed by atoms with Crippen LogP contribution in [0.1, 0.15) is 61.3 Å². The molecule has 0 aliphatic heterocycles. The summed E-state index contributed by atoms with van der Waals surface area (Å²) in [6.07, 6.45) is 17.1. The first-order valence-electron chi connectivity index (χ1n) is 9.73. The van der Waals surface area contributed by atoms with Crippen molar-refractivity contribution < 1.29 is 4.39 Å². The molecule has 1 saturated carbocycles. The highest BCUT2D eigenvalue weighted by molar-refractivity contribution is 5.53. The third-order valence-corrected chi connectivity index (χ3v) is 4.74. The van der Waals surface area contributed by atoms with Crippen LogP contribution in [0.15, 0.2) is 66.3 Å². The molecule has 0 spiro atoms. The lowest BCUT2D eigenvalue weighted by Gasteiger charge is -2.27. The summed E-state index contributed by atoms with van der Waals surface area (Å²) in [6, 6.07) is 13.3. The van der Waals surface area contributed by atoms with E-state index in [4.69, 9.17) is 0 Å². The summed E-state index contributed by atoms with van der Waals surface area (Å²) in [5.41, 5.74) is 3.83. The maximum atomic E-state index is 15.2. The van der Waals surface area contributed by atoms with Gasteiger partial charge in [0.15, 0.2) is 0 Å². The van der Waals surface area contributed by atoms with Crippen LogP contribution in [0.5, 0.6) is 0 Å². The standard InChI is InChI=1S/C26H23F.C2H2/c1-3-4-9-20(2)14-16-23-18-19-24(17-15-21-10-6-5-7-11-21)26(27)25(23)22-12-8-13-22;1-2/h3-7,9-11,18-19,22H,8,12-13H2,1-2H3;1-2H/b4-3-,20-9+;. The summed E-state index contributed by atoms with van der Waals surface area (Å²) in [5, 5.41) is 0. The summed E-state index contributed by atoms with van der Waals surface area (Å²) < 4.78 is 15.2. The van der Waals surface area contributed by atoms with Crippen LogP contribution in [-0.2, 0) is 0 Å². The van der Waals surface area contributed by atoms with Gasteiger partial charge in [0.05, 0.1) is 5.56 Å². The van der Waals surface area contributed by atoms with Crippen molar-refractivity contribution in [2.45, 2.75) is 39.0 Å². The zero-order valence-corrected chi connectivity index (χ0v) is 17.0. The highest BCUT2D eigenvalue weighted by Crippen LogP contribution is 2.40. The minimum atomic E-state index is -0.204. The molecule has 0 saturated heterocycles. The van der Waals surface area contributed by atoms with Gasteiger partial charge in [0.2, 0.25) is 0 Å². The molecule has 0 bridgehead atoms. The van der Waals surface area contributed by atoms with E-state index in [2.05, 4.69) is 36.5 Å². The van der Waals surface area contributed by atoms with Crippen LogP contribution in [-0.4, -0.2) is 0 Å². The first-order valence-corrected chi connectivity index (χ1v) is 9.73. The Labute approximate surface area is 174 Å². The van der Waals surface area contributed by atoms with E-state index < -0.39 is 0 Å². The smallest absolute Gasteiger partial charge is 0.143 e. The van der Waals surface area contributed by atoms with E-state index in [0.29, 0.717) is 5.56 Å². The number of halogens is 1. The van der Waals surface area contributed by atoms with Crippen molar-refractivity contribution in [1.29, 1.82) is 0 Å². The lowest BCUT2D eigenvalue weighted by Crippen LogP contribution is -2.13. The van der Waals surface area contributed by atoms with Crippen molar-refractivity contribution in [1.82, 2.24) is 0 Å². The van der Waals surface area contributed by atoms with E-state index >= 15 is 4.39 Å². The summed E-state index contributed by atoms with van der Waals surface area (Å²) in [6.45, 7) is 3.93. The van der Waals surface area contributed by atoms with Gasteiger partial charge in [0.25, 0.3) is 0 Å². The predicted octanol–water partition coefficient (Wildman–Crippen LogP) is 6.62. The molecule has 0 atom stereocenters. The Balaban J connectivity index is 0.00000145. The molecule has 1 heteroatoms. The lowest BCUT2D eigenvalue weighted by atomic mass is 9.77. The van der Waals surface area contributed by atoms with Gasteiger partial charge in [-0.25, -0.2) is 4.39 Å². The van der Waals surface area contributed by atoms with Crippen LogP contribution in [0, 0.1) is 42.3 Å². The number of rotatable bonds is 2. The highest BCUT2D eigenvalue weighted by Gasteiger charge is 2.26.